The van der Waals surface area contributed by atoms with Gasteiger partial charge in [-0.1, -0.05) is 23.8 Å². The molecule has 0 aliphatic carbocycles. The van der Waals surface area contributed by atoms with Gasteiger partial charge in [0.15, 0.2) is 0 Å². The van der Waals surface area contributed by atoms with Gasteiger partial charge in [0, 0.05) is 19.5 Å². The molecule has 2 saturated heterocycles. The van der Waals surface area contributed by atoms with Crippen molar-refractivity contribution in [2.45, 2.75) is 45.1 Å². The number of piperidine rings is 1. The number of carbonyl (C=O) groups excluding carboxylic acids is 2. The smallest absolute Gasteiger partial charge is 0.322 e. The van der Waals surface area contributed by atoms with E-state index in [2.05, 4.69) is 30.1 Å². The Hall–Kier alpha value is -2.25. The molecule has 1 aromatic rings. The van der Waals surface area contributed by atoms with Crippen LogP contribution in [0.2, 0.25) is 0 Å². The minimum absolute atomic E-state index is 0.0463. The Labute approximate surface area is 191 Å². The maximum absolute atomic E-state index is 13.7. The number of amides is 3. The fraction of sp³-hybridized carbons (Fsp3) is 0.600. The molecule has 7 heteroatoms. The van der Waals surface area contributed by atoms with E-state index < -0.39 is 5.54 Å². The minimum atomic E-state index is -0.964. The van der Waals surface area contributed by atoms with Crippen LogP contribution in [0.5, 0.6) is 0 Å². The molecule has 0 saturated carbocycles. The van der Waals surface area contributed by atoms with Gasteiger partial charge in [0.1, 0.15) is 11.4 Å². The van der Waals surface area contributed by atoms with E-state index in [0.29, 0.717) is 13.0 Å². The molecule has 1 atom stereocenters. The van der Waals surface area contributed by atoms with Gasteiger partial charge < -0.3 is 10.2 Å². The highest BCUT2D eigenvalue weighted by atomic mass is 19.1. The van der Waals surface area contributed by atoms with Gasteiger partial charge in [0.25, 0.3) is 5.91 Å². The summed E-state index contributed by atoms with van der Waals surface area (Å²) >= 11 is 0. The normalized spacial score (nSPS) is 23.3. The number of rotatable bonds is 9. The minimum Gasteiger partial charge on any atom is -0.322 e. The highest BCUT2D eigenvalue weighted by Gasteiger charge is 2.55. The lowest BCUT2D eigenvalue weighted by atomic mass is 9.74. The van der Waals surface area contributed by atoms with Crippen LogP contribution in [-0.2, 0) is 11.2 Å². The summed E-state index contributed by atoms with van der Waals surface area (Å²) in [7, 11) is 3.96. The maximum atomic E-state index is 13.7. The van der Waals surface area contributed by atoms with Gasteiger partial charge in [-0.3, -0.25) is 14.6 Å². The Morgan fingerprint density at radius 2 is 1.88 bits per heavy atom. The number of hydrogen-bond acceptors (Lipinski definition) is 4. The molecule has 0 spiro atoms. The fourth-order valence-corrected chi connectivity index (χ4v) is 4.89. The van der Waals surface area contributed by atoms with Crippen molar-refractivity contribution in [1.82, 2.24) is 20.0 Å². The average molecular weight is 445 g/mol. The van der Waals surface area contributed by atoms with Gasteiger partial charge in [-0.15, -0.1) is 0 Å². The van der Waals surface area contributed by atoms with E-state index in [-0.39, 0.29) is 23.7 Å². The number of hydrogen-bond donors (Lipinski definition) is 1. The topological polar surface area (TPSA) is 55.9 Å². The Balaban J connectivity index is 1.80. The van der Waals surface area contributed by atoms with Crippen molar-refractivity contribution in [2.24, 2.45) is 5.92 Å². The second-order valence-corrected chi connectivity index (χ2v) is 9.50. The molecule has 32 heavy (non-hydrogen) atoms. The van der Waals surface area contributed by atoms with Crippen LogP contribution >= 0.6 is 0 Å². The van der Waals surface area contributed by atoms with E-state index in [1.54, 1.807) is 12.1 Å². The third kappa shape index (κ3) is 5.56. The summed E-state index contributed by atoms with van der Waals surface area (Å²) < 4.78 is 13.5. The quantitative estimate of drug-likeness (QED) is 0.469. The molecule has 0 radical (unpaired) electrons. The van der Waals surface area contributed by atoms with Gasteiger partial charge in [0.05, 0.1) is 0 Å². The lowest BCUT2D eigenvalue weighted by molar-refractivity contribution is -0.134. The second kappa shape index (κ2) is 10.6. The van der Waals surface area contributed by atoms with Crippen molar-refractivity contribution in [3.05, 3.63) is 47.3 Å². The molecule has 6 nitrogen and oxygen atoms in total. The molecule has 3 rings (SSSR count). The van der Waals surface area contributed by atoms with E-state index in [4.69, 9.17) is 0 Å². The molecule has 0 bridgehead atoms. The third-order valence-corrected chi connectivity index (χ3v) is 6.84. The number of imide groups is 1. The number of nitrogens with zero attached hydrogens (tertiary/aromatic N) is 3. The summed E-state index contributed by atoms with van der Waals surface area (Å²) in [5.74, 6) is -0.388. The number of allylic oxidation sites excluding steroid dienone is 1. The SMILES string of the molecule is CC=C(C)CN1CCC(C2(Cc3ccc(F)cc3)NC(=O)N(CCCN(C)C)C2=O)CC1. The lowest BCUT2D eigenvalue weighted by Crippen LogP contribution is -2.57. The first-order chi connectivity index (χ1) is 15.2. The van der Waals surface area contributed by atoms with Gasteiger partial charge in [-0.05, 0) is 90.5 Å². The van der Waals surface area contributed by atoms with E-state index in [1.807, 2.05) is 19.0 Å². The largest absolute Gasteiger partial charge is 0.325 e. The molecule has 2 fully saturated rings. The molecule has 176 valence electrons. The maximum Gasteiger partial charge on any atom is 0.325 e. The van der Waals surface area contributed by atoms with E-state index in [9.17, 15) is 14.0 Å². The molecular formula is C25H37FN4O2. The van der Waals surface area contributed by atoms with Crippen molar-refractivity contribution in [3.63, 3.8) is 0 Å². The molecule has 1 aromatic carbocycles. The summed E-state index contributed by atoms with van der Waals surface area (Å²) in [4.78, 5) is 32.5. The first kappa shape index (κ1) is 24.4. The van der Waals surface area contributed by atoms with Crippen LogP contribution in [-0.4, -0.2) is 79.0 Å². The summed E-state index contributed by atoms with van der Waals surface area (Å²) in [6, 6.07) is 5.97. The van der Waals surface area contributed by atoms with Crippen LogP contribution in [0.1, 0.15) is 38.7 Å². The number of halogens is 1. The average Bonchev–Trinajstić information content (AvgIpc) is 3.00. The molecule has 1 N–H and O–H groups in total. The van der Waals surface area contributed by atoms with Crippen molar-refractivity contribution < 1.29 is 14.0 Å². The molecular weight excluding hydrogens is 407 g/mol. The van der Waals surface area contributed by atoms with Crippen LogP contribution < -0.4 is 5.32 Å². The predicted molar refractivity (Wildman–Crippen MR) is 125 cm³/mol. The summed E-state index contributed by atoms with van der Waals surface area (Å²) in [5.41, 5.74) is 1.23. The number of benzene rings is 1. The first-order valence-corrected chi connectivity index (χ1v) is 11.6. The monoisotopic (exact) mass is 444 g/mol. The van der Waals surface area contributed by atoms with Crippen LogP contribution in [0.25, 0.3) is 0 Å². The molecule has 2 heterocycles. The highest BCUT2D eigenvalue weighted by molar-refractivity contribution is 6.07. The van der Waals surface area contributed by atoms with Crippen molar-refractivity contribution in [2.75, 3.05) is 46.8 Å². The Bertz CT molecular complexity index is 831. The zero-order valence-electron chi connectivity index (χ0n) is 19.9. The summed E-state index contributed by atoms with van der Waals surface area (Å²) in [6.07, 6.45) is 4.94. The van der Waals surface area contributed by atoms with E-state index in [1.165, 1.54) is 22.6 Å². The zero-order chi connectivity index (χ0) is 23.3. The van der Waals surface area contributed by atoms with E-state index >= 15 is 0 Å². The van der Waals surface area contributed by atoms with Crippen molar-refractivity contribution in [3.8, 4) is 0 Å². The summed E-state index contributed by atoms with van der Waals surface area (Å²) in [5, 5.41) is 3.11. The van der Waals surface area contributed by atoms with Gasteiger partial charge in [-0.2, -0.15) is 0 Å². The number of carbonyl (C=O) groups is 2. The molecule has 2 aliphatic rings. The summed E-state index contributed by atoms with van der Waals surface area (Å²) in [6.45, 7) is 8.13. The highest BCUT2D eigenvalue weighted by Crippen LogP contribution is 2.36. The van der Waals surface area contributed by atoms with E-state index in [0.717, 1.165) is 51.0 Å². The fourth-order valence-electron chi connectivity index (χ4n) is 4.89. The molecule has 1 unspecified atom stereocenters. The van der Waals surface area contributed by atoms with Crippen molar-refractivity contribution in [1.29, 1.82) is 0 Å². The third-order valence-electron chi connectivity index (χ3n) is 6.84. The standard InChI is InChI=1S/C25H37FN4O2/c1-5-19(2)18-29-15-11-21(12-16-29)25(17-20-7-9-22(26)10-8-20)23(31)30(24(32)27-25)14-6-13-28(3)4/h5,7-10,21H,6,11-18H2,1-4H3,(H,27,32). The molecule has 2 aliphatic heterocycles. The zero-order valence-corrected chi connectivity index (χ0v) is 19.9. The molecule has 3 amide bonds. The lowest BCUT2D eigenvalue weighted by Gasteiger charge is -2.41. The van der Waals surface area contributed by atoms with Crippen LogP contribution in [0.3, 0.4) is 0 Å². The van der Waals surface area contributed by atoms with Gasteiger partial charge in [0.2, 0.25) is 0 Å². The predicted octanol–water partition coefficient (Wildman–Crippen LogP) is 3.29. The number of likely N-dealkylation sites (tertiary alicyclic amines) is 1. The second-order valence-electron chi connectivity index (χ2n) is 9.50. The Morgan fingerprint density at radius 1 is 1.22 bits per heavy atom. The van der Waals surface area contributed by atoms with Gasteiger partial charge >= 0.3 is 6.03 Å². The van der Waals surface area contributed by atoms with Gasteiger partial charge in [-0.25, -0.2) is 9.18 Å². The van der Waals surface area contributed by atoms with Crippen molar-refractivity contribution >= 4 is 11.9 Å². The Morgan fingerprint density at radius 3 is 2.47 bits per heavy atom. The molecule has 0 aromatic heterocycles. The Kier molecular flexibility index (Phi) is 8.06. The number of nitrogens with one attached hydrogen (secondary N) is 1. The van der Waals surface area contributed by atoms with Crippen LogP contribution in [0.4, 0.5) is 9.18 Å². The first-order valence-electron chi connectivity index (χ1n) is 11.6. The van der Waals surface area contributed by atoms with Crippen LogP contribution in [0, 0.1) is 11.7 Å². The van der Waals surface area contributed by atoms with Crippen LogP contribution in [0.15, 0.2) is 35.9 Å². The number of urea groups is 1.